The number of carbonyl (C=O) groups is 2. The predicted octanol–water partition coefficient (Wildman–Crippen LogP) is 2.48. The average molecular weight is 369 g/mol. The van der Waals surface area contributed by atoms with Crippen molar-refractivity contribution in [2.24, 2.45) is 0 Å². The molecule has 0 radical (unpaired) electrons. The maximum Gasteiger partial charge on any atom is 0.257 e. The normalized spacial score (nSPS) is 14.9. The van der Waals surface area contributed by atoms with Crippen molar-refractivity contribution in [1.29, 1.82) is 0 Å². The number of hydrogen-bond acceptors (Lipinski definition) is 4. The highest BCUT2D eigenvalue weighted by atomic mass is 16.3. The molecule has 2 amide bonds. The van der Waals surface area contributed by atoms with Crippen LogP contribution in [0.5, 0.6) is 0 Å². The van der Waals surface area contributed by atoms with Crippen LogP contribution >= 0.6 is 0 Å². The summed E-state index contributed by atoms with van der Waals surface area (Å²) in [5.41, 5.74) is 1.55. The quantitative estimate of drug-likeness (QED) is 0.752. The van der Waals surface area contributed by atoms with Crippen molar-refractivity contribution < 1.29 is 14.0 Å². The molecule has 1 aromatic carbocycles. The number of rotatable bonds is 7. The largest absolute Gasteiger partial charge is 0.472 e. The highest BCUT2D eigenvalue weighted by molar-refractivity contribution is 5.94. The second-order valence-corrected chi connectivity index (χ2v) is 6.79. The van der Waals surface area contributed by atoms with Gasteiger partial charge in [-0.15, -0.1) is 0 Å². The molecule has 6 nitrogen and oxygen atoms in total. The van der Waals surface area contributed by atoms with E-state index in [2.05, 4.69) is 11.8 Å². The molecule has 0 spiro atoms. The van der Waals surface area contributed by atoms with Gasteiger partial charge in [0, 0.05) is 45.7 Å². The molecule has 0 saturated carbocycles. The van der Waals surface area contributed by atoms with Crippen molar-refractivity contribution >= 4 is 11.8 Å². The van der Waals surface area contributed by atoms with E-state index in [9.17, 15) is 9.59 Å². The number of carbonyl (C=O) groups excluding carboxylic acids is 2. The van der Waals surface area contributed by atoms with Crippen molar-refractivity contribution in [1.82, 2.24) is 14.7 Å². The van der Waals surface area contributed by atoms with Crippen molar-refractivity contribution in [3.05, 3.63) is 60.1 Å². The molecule has 27 heavy (non-hydrogen) atoms. The molecule has 0 bridgehead atoms. The lowest BCUT2D eigenvalue weighted by atomic mass is 10.2. The number of benzene rings is 1. The third-order valence-corrected chi connectivity index (χ3v) is 5.04. The molecule has 1 aliphatic rings. The number of hydrogen-bond donors (Lipinski definition) is 0. The summed E-state index contributed by atoms with van der Waals surface area (Å²) in [4.78, 5) is 31.4. The first-order chi connectivity index (χ1) is 13.2. The van der Waals surface area contributed by atoms with Gasteiger partial charge in [0.15, 0.2) is 0 Å². The maximum absolute atomic E-state index is 12.8. The molecule has 1 aromatic heterocycles. The SMILES string of the molecule is CCN1CCN(C(=O)CCN(Cc2ccccc2)C(=O)c2ccoc2)CC1. The number of furan rings is 1. The molecule has 0 aliphatic carbocycles. The number of piperazine rings is 1. The molecule has 6 heteroatoms. The summed E-state index contributed by atoms with van der Waals surface area (Å²) in [5, 5.41) is 0. The Kier molecular flexibility index (Phi) is 6.65. The Labute approximate surface area is 160 Å². The minimum atomic E-state index is -0.115. The third-order valence-electron chi connectivity index (χ3n) is 5.04. The molecule has 144 valence electrons. The van der Waals surface area contributed by atoms with Crippen LogP contribution < -0.4 is 0 Å². The number of amides is 2. The van der Waals surface area contributed by atoms with Gasteiger partial charge in [-0.3, -0.25) is 9.59 Å². The van der Waals surface area contributed by atoms with Crippen molar-refractivity contribution in [2.45, 2.75) is 19.9 Å². The second-order valence-electron chi connectivity index (χ2n) is 6.79. The van der Waals surface area contributed by atoms with Crippen LogP contribution in [0.3, 0.4) is 0 Å². The van der Waals surface area contributed by atoms with Gasteiger partial charge in [0.1, 0.15) is 6.26 Å². The minimum absolute atomic E-state index is 0.115. The summed E-state index contributed by atoms with van der Waals surface area (Å²) < 4.78 is 5.05. The molecule has 0 N–H and O–H groups in total. The predicted molar refractivity (Wildman–Crippen MR) is 103 cm³/mol. The van der Waals surface area contributed by atoms with Gasteiger partial charge in [-0.1, -0.05) is 37.3 Å². The first-order valence-electron chi connectivity index (χ1n) is 9.53. The van der Waals surface area contributed by atoms with Gasteiger partial charge in [-0.2, -0.15) is 0 Å². The molecular weight excluding hydrogens is 342 g/mol. The molecule has 1 fully saturated rings. The zero-order valence-corrected chi connectivity index (χ0v) is 15.8. The highest BCUT2D eigenvalue weighted by Crippen LogP contribution is 2.12. The van der Waals surface area contributed by atoms with Gasteiger partial charge in [-0.05, 0) is 18.2 Å². The average Bonchev–Trinajstić information content (AvgIpc) is 3.26. The fourth-order valence-electron chi connectivity index (χ4n) is 3.33. The monoisotopic (exact) mass is 369 g/mol. The van der Waals surface area contributed by atoms with Gasteiger partial charge >= 0.3 is 0 Å². The van der Waals surface area contributed by atoms with Crippen LogP contribution in [-0.4, -0.2) is 65.8 Å². The first-order valence-corrected chi connectivity index (χ1v) is 9.53. The van der Waals surface area contributed by atoms with E-state index in [0.717, 1.165) is 38.3 Å². The summed E-state index contributed by atoms with van der Waals surface area (Å²) in [7, 11) is 0. The molecule has 3 rings (SSSR count). The Balaban J connectivity index is 1.61. The van der Waals surface area contributed by atoms with E-state index >= 15 is 0 Å². The van der Waals surface area contributed by atoms with E-state index in [0.29, 0.717) is 25.1 Å². The van der Waals surface area contributed by atoms with Crippen LogP contribution in [0.15, 0.2) is 53.3 Å². The van der Waals surface area contributed by atoms with E-state index in [1.807, 2.05) is 35.2 Å². The van der Waals surface area contributed by atoms with Crippen LogP contribution in [0.2, 0.25) is 0 Å². The Hall–Kier alpha value is -2.60. The van der Waals surface area contributed by atoms with Crippen molar-refractivity contribution in [2.75, 3.05) is 39.3 Å². The lowest BCUT2D eigenvalue weighted by Crippen LogP contribution is -2.49. The lowest BCUT2D eigenvalue weighted by molar-refractivity contribution is -0.133. The van der Waals surface area contributed by atoms with E-state index in [4.69, 9.17) is 4.42 Å². The van der Waals surface area contributed by atoms with Crippen molar-refractivity contribution in [3.8, 4) is 0 Å². The minimum Gasteiger partial charge on any atom is -0.472 e. The molecule has 0 atom stereocenters. The van der Waals surface area contributed by atoms with Gasteiger partial charge in [0.2, 0.25) is 5.91 Å². The molecule has 2 aromatic rings. The zero-order chi connectivity index (χ0) is 19.1. The highest BCUT2D eigenvalue weighted by Gasteiger charge is 2.23. The van der Waals surface area contributed by atoms with Crippen LogP contribution in [0, 0.1) is 0 Å². The fourth-order valence-corrected chi connectivity index (χ4v) is 3.33. The fraction of sp³-hybridized carbons (Fsp3) is 0.429. The van der Waals surface area contributed by atoms with Crippen LogP contribution in [0.4, 0.5) is 0 Å². The van der Waals surface area contributed by atoms with Crippen LogP contribution in [0.1, 0.15) is 29.3 Å². The second kappa shape index (κ2) is 9.37. The summed E-state index contributed by atoms with van der Waals surface area (Å²) >= 11 is 0. The van der Waals surface area contributed by atoms with Gasteiger partial charge in [-0.25, -0.2) is 0 Å². The molecule has 1 saturated heterocycles. The molecular formula is C21H27N3O3. The first kappa shape index (κ1) is 19.2. The van der Waals surface area contributed by atoms with E-state index in [-0.39, 0.29) is 11.8 Å². The Morgan fingerprint density at radius 1 is 1.07 bits per heavy atom. The Morgan fingerprint density at radius 2 is 1.81 bits per heavy atom. The van der Waals surface area contributed by atoms with Gasteiger partial charge in [0.25, 0.3) is 5.91 Å². The zero-order valence-electron chi connectivity index (χ0n) is 15.8. The van der Waals surface area contributed by atoms with E-state index < -0.39 is 0 Å². The van der Waals surface area contributed by atoms with Crippen LogP contribution in [-0.2, 0) is 11.3 Å². The third kappa shape index (κ3) is 5.20. The van der Waals surface area contributed by atoms with Crippen LogP contribution in [0.25, 0.3) is 0 Å². The smallest absolute Gasteiger partial charge is 0.257 e. The maximum atomic E-state index is 12.8. The number of nitrogens with zero attached hydrogens (tertiary/aromatic N) is 3. The molecule has 2 heterocycles. The number of likely N-dealkylation sites (N-methyl/N-ethyl adjacent to an activating group) is 1. The summed E-state index contributed by atoms with van der Waals surface area (Å²) in [5.74, 6) is 0.0000127. The standard InChI is InChI=1S/C21H27N3O3/c1-2-22-11-13-23(14-12-22)20(25)8-10-24(16-18-6-4-3-5-7-18)21(26)19-9-15-27-17-19/h3-7,9,15,17H,2,8,10-14,16H2,1H3. The van der Waals surface area contributed by atoms with Gasteiger partial charge < -0.3 is 19.1 Å². The van der Waals surface area contributed by atoms with Gasteiger partial charge in [0.05, 0.1) is 11.8 Å². The summed E-state index contributed by atoms with van der Waals surface area (Å²) in [6.07, 6.45) is 3.28. The summed E-state index contributed by atoms with van der Waals surface area (Å²) in [6, 6.07) is 11.5. The Morgan fingerprint density at radius 3 is 2.44 bits per heavy atom. The lowest BCUT2D eigenvalue weighted by Gasteiger charge is -2.34. The Bertz CT molecular complexity index is 722. The molecule has 1 aliphatic heterocycles. The van der Waals surface area contributed by atoms with E-state index in [1.54, 1.807) is 11.0 Å². The topological polar surface area (TPSA) is 57.0 Å². The molecule has 0 unspecified atom stereocenters. The summed E-state index contributed by atoms with van der Waals surface area (Å²) in [6.45, 7) is 7.40. The van der Waals surface area contributed by atoms with E-state index in [1.165, 1.54) is 12.5 Å². The van der Waals surface area contributed by atoms with Crippen molar-refractivity contribution in [3.63, 3.8) is 0 Å².